The molecule has 0 unspecified atom stereocenters. The molecule has 2 aromatic rings. The molecular weight excluding hydrogens is 359 g/mol. The lowest BCUT2D eigenvalue weighted by Crippen LogP contribution is -2.32. The third kappa shape index (κ3) is 2.99. The zero-order valence-corrected chi connectivity index (χ0v) is 14.6. The largest absolute Gasteiger partial charge is 0.497 e. The lowest BCUT2D eigenvalue weighted by molar-refractivity contribution is -0.137. The van der Waals surface area contributed by atoms with Gasteiger partial charge in [-0.2, -0.15) is 18.2 Å². The highest BCUT2D eigenvalue weighted by molar-refractivity contribution is 5.94. The summed E-state index contributed by atoms with van der Waals surface area (Å²) in [4.78, 5) is 14.5. The number of carbonyl (C=O) groups excluding carboxylic acids is 1. The van der Waals surface area contributed by atoms with E-state index in [-0.39, 0.29) is 6.03 Å². The van der Waals surface area contributed by atoms with Crippen LogP contribution in [-0.4, -0.2) is 36.2 Å². The van der Waals surface area contributed by atoms with Crippen molar-refractivity contribution in [3.8, 4) is 5.75 Å². The monoisotopic (exact) mass is 377 g/mol. The van der Waals surface area contributed by atoms with Gasteiger partial charge >= 0.3 is 12.2 Å². The van der Waals surface area contributed by atoms with E-state index in [9.17, 15) is 18.0 Å². The lowest BCUT2D eigenvalue weighted by atomic mass is 10.1. The summed E-state index contributed by atoms with van der Waals surface area (Å²) in [5.41, 5.74) is 0.566. The van der Waals surface area contributed by atoms with E-state index in [1.807, 2.05) is 29.3 Å². The summed E-state index contributed by atoms with van der Waals surface area (Å²) in [6, 6.07) is 11.8. The van der Waals surface area contributed by atoms with Gasteiger partial charge in [-0.15, -0.1) is 0 Å². The Kier molecular flexibility index (Phi) is 4.22. The average Bonchev–Trinajstić information content (AvgIpc) is 3.23. The maximum atomic E-state index is 12.9. The average molecular weight is 377 g/mol. The van der Waals surface area contributed by atoms with Crippen molar-refractivity contribution in [2.75, 3.05) is 25.1 Å². The summed E-state index contributed by atoms with van der Waals surface area (Å²) in [6.45, 7) is 1.31. The van der Waals surface area contributed by atoms with Gasteiger partial charge in [-0.25, -0.2) is 4.79 Å². The van der Waals surface area contributed by atoms with Gasteiger partial charge in [0.15, 0.2) is 0 Å². The Labute approximate surface area is 154 Å². The highest BCUT2D eigenvalue weighted by atomic mass is 19.4. The molecule has 5 nitrogen and oxygen atoms in total. The second kappa shape index (κ2) is 6.45. The molecule has 0 saturated carbocycles. The molecule has 0 radical (unpaired) electrons. The van der Waals surface area contributed by atoms with E-state index in [2.05, 4.69) is 0 Å². The van der Waals surface area contributed by atoms with Gasteiger partial charge in [-0.05, 0) is 48.4 Å². The first-order chi connectivity index (χ1) is 12.9. The topological polar surface area (TPSA) is 36.0 Å². The fourth-order valence-corrected chi connectivity index (χ4v) is 3.61. The van der Waals surface area contributed by atoms with Crippen LogP contribution in [0, 0.1) is 0 Å². The Balaban J connectivity index is 1.73. The van der Waals surface area contributed by atoms with Crippen LogP contribution in [0.5, 0.6) is 5.75 Å². The van der Waals surface area contributed by atoms with Crippen LogP contribution in [0.3, 0.4) is 0 Å². The predicted octanol–water partition coefficient (Wildman–Crippen LogP) is 4.28. The first-order valence-corrected chi connectivity index (χ1v) is 8.58. The number of fused-ring (bicyclic) bond motifs is 1. The first kappa shape index (κ1) is 17.7. The van der Waals surface area contributed by atoms with Gasteiger partial charge in [0, 0.05) is 18.8 Å². The number of halogens is 3. The Morgan fingerprint density at radius 3 is 2.26 bits per heavy atom. The Morgan fingerprint density at radius 1 is 1.00 bits per heavy atom. The standard InChI is InChI=1S/C19H18F3N3O2/c1-27-16-9-3-13(4-10-16)17-23-11-2-12-24(23)18(26)25(17)15-7-5-14(6-8-15)19(20,21)22/h3-10,17H,2,11-12H2,1H3/t17-/m0/s1. The molecular formula is C19H18F3N3O2. The number of alkyl halides is 3. The van der Waals surface area contributed by atoms with Crippen LogP contribution in [0.4, 0.5) is 23.7 Å². The summed E-state index contributed by atoms with van der Waals surface area (Å²) < 4.78 is 43.8. The lowest BCUT2D eigenvalue weighted by Gasteiger charge is -2.28. The highest BCUT2D eigenvalue weighted by Crippen LogP contribution is 2.41. The molecule has 0 bridgehead atoms. The predicted molar refractivity (Wildman–Crippen MR) is 93.1 cm³/mol. The van der Waals surface area contributed by atoms with Crippen LogP contribution < -0.4 is 9.64 Å². The molecule has 2 saturated heterocycles. The maximum Gasteiger partial charge on any atom is 0.416 e. The van der Waals surface area contributed by atoms with Gasteiger partial charge < -0.3 is 4.74 Å². The Morgan fingerprint density at radius 2 is 1.67 bits per heavy atom. The quantitative estimate of drug-likeness (QED) is 0.801. The maximum absolute atomic E-state index is 12.9. The van der Waals surface area contributed by atoms with Crippen molar-refractivity contribution >= 4 is 11.7 Å². The number of anilines is 1. The van der Waals surface area contributed by atoms with Crippen molar-refractivity contribution in [2.24, 2.45) is 0 Å². The molecule has 2 aromatic carbocycles. The van der Waals surface area contributed by atoms with Gasteiger partial charge in [0.2, 0.25) is 0 Å². The minimum Gasteiger partial charge on any atom is -0.497 e. The van der Waals surface area contributed by atoms with Crippen LogP contribution in [0.2, 0.25) is 0 Å². The molecule has 1 atom stereocenters. The van der Waals surface area contributed by atoms with Gasteiger partial charge in [-0.1, -0.05) is 12.1 Å². The van der Waals surface area contributed by atoms with E-state index in [1.54, 1.807) is 17.0 Å². The molecule has 2 aliphatic rings. The fraction of sp³-hybridized carbons (Fsp3) is 0.316. The van der Waals surface area contributed by atoms with Gasteiger partial charge in [0.25, 0.3) is 0 Å². The SMILES string of the molecule is COc1ccc([C@@H]2N(c3ccc(C(F)(F)F)cc3)C(=O)N3CCCN23)cc1. The molecule has 2 aliphatic heterocycles. The number of methoxy groups -OCH3 is 1. The summed E-state index contributed by atoms with van der Waals surface area (Å²) in [7, 11) is 1.57. The van der Waals surface area contributed by atoms with E-state index in [1.165, 1.54) is 12.1 Å². The van der Waals surface area contributed by atoms with Crippen LogP contribution >= 0.6 is 0 Å². The summed E-state index contributed by atoms with van der Waals surface area (Å²) >= 11 is 0. The van der Waals surface area contributed by atoms with Crippen molar-refractivity contribution in [3.63, 3.8) is 0 Å². The van der Waals surface area contributed by atoms with Gasteiger partial charge in [0.1, 0.15) is 11.9 Å². The number of urea groups is 1. The zero-order valence-electron chi connectivity index (χ0n) is 14.6. The van der Waals surface area contributed by atoms with Crippen molar-refractivity contribution in [3.05, 3.63) is 59.7 Å². The normalized spacial score (nSPS) is 20.3. The summed E-state index contributed by atoms with van der Waals surface area (Å²) in [6.07, 6.45) is -3.95. The molecule has 2 heterocycles. The number of hydrogen-bond donors (Lipinski definition) is 0. The molecule has 0 aliphatic carbocycles. The number of rotatable bonds is 3. The Bertz CT molecular complexity index is 837. The number of benzene rings is 2. The van der Waals surface area contributed by atoms with Crippen molar-refractivity contribution in [2.45, 2.75) is 18.8 Å². The van der Waals surface area contributed by atoms with Crippen LogP contribution in [0.25, 0.3) is 0 Å². The third-order valence-corrected chi connectivity index (χ3v) is 4.91. The molecule has 0 spiro atoms. The summed E-state index contributed by atoms with van der Waals surface area (Å²) in [5, 5.41) is 3.62. The van der Waals surface area contributed by atoms with Crippen LogP contribution in [-0.2, 0) is 6.18 Å². The number of hydrazine groups is 1. The molecule has 0 aromatic heterocycles. The minimum absolute atomic E-state index is 0.229. The molecule has 8 heteroatoms. The fourth-order valence-electron chi connectivity index (χ4n) is 3.61. The number of carbonyl (C=O) groups is 1. The smallest absolute Gasteiger partial charge is 0.416 e. The van der Waals surface area contributed by atoms with E-state index in [0.717, 1.165) is 24.1 Å². The second-order valence-corrected chi connectivity index (χ2v) is 6.48. The van der Waals surface area contributed by atoms with Gasteiger partial charge in [0.05, 0.1) is 12.7 Å². The Hall–Kier alpha value is -2.74. The van der Waals surface area contributed by atoms with E-state index >= 15 is 0 Å². The molecule has 4 rings (SSSR count). The number of hydrogen-bond acceptors (Lipinski definition) is 3. The first-order valence-electron chi connectivity index (χ1n) is 8.58. The summed E-state index contributed by atoms with van der Waals surface area (Å²) in [5.74, 6) is 0.697. The van der Waals surface area contributed by atoms with Crippen molar-refractivity contribution in [1.82, 2.24) is 10.0 Å². The number of amides is 2. The van der Waals surface area contributed by atoms with E-state index in [0.29, 0.717) is 24.5 Å². The van der Waals surface area contributed by atoms with E-state index in [4.69, 9.17) is 4.74 Å². The molecule has 27 heavy (non-hydrogen) atoms. The zero-order chi connectivity index (χ0) is 19.2. The van der Waals surface area contributed by atoms with Crippen molar-refractivity contribution < 1.29 is 22.7 Å². The number of nitrogens with zero attached hydrogens (tertiary/aromatic N) is 3. The highest BCUT2D eigenvalue weighted by Gasteiger charge is 2.47. The number of ether oxygens (including phenoxy) is 1. The van der Waals surface area contributed by atoms with E-state index < -0.39 is 17.9 Å². The minimum atomic E-state index is -4.41. The van der Waals surface area contributed by atoms with Gasteiger partial charge in [-0.3, -0.25) is 9.91 Å². The van der Waals surface area contributed by atoms with Crippen LogP contribution in [0.15, 0.2) is 48.5 Å². The second-order valence-electron chi connectivity index (χ2n) is 6.48. The van der Waals surface area contributed by atoms with Crippen molar-refractivity contribution in [1.29, 1.82) is 0 Å². The third-order valence-electron chi connectivity index (χ3n) is 4.91. The van der Waals surface area contributed by atoms with Crippen LogP contribution in [0.1, 0.15) is 23.7 Å². The molecule has 0 N–H and O–H groups in total. The molecule has 2 amide bonds. The molecule has 2 fully saturated rings. The molecule has 142 valence electrons.